The van der Waals surface area contributed by atoms with E-state index >= 15 is 0 Å². The summed E-state index contributed by atoms with van der Waals surface area (Å²) in [6.45, 7) is 0. The van der Waals surface area contributed by atoms with Crippen LogP contribution in [-0.4, -0.2) is 4.98 Å². The molecule has 0 radical (unpaired) electrons. The topological polar surface area (TPSA) is 32.9 Å². The molecule has 3 rings (SSSR count). The van der Waals surface area contributed by atoms with Crippen molar-refractivity contribution in [3.63, 3.8) is 0 Å². The predicted octanol–water partition coefficient (Wildman–Crippen LogP) is 4.86. The molecular formula is C18H13Cl2NO. The van der Waals surface area contributed by atoms with E-state index in [0.717, 1.165) is 16.7 Å². The second kappa shape index (κ2) is 6.39. The van der Waals surface area contributed by atoms with Crippen molar-refractivity contribution >= 4 is 23.2 Å². The van der Waals surface area contributed by atoms with Gasteiger partial charge in [0.1, 0.15) is 0 Å². The molecule has 0 saturated carbocycles. The van der Waals surface area contributed by atoms with E-state index in [0.29, 0.717) is 10.0 Å². The Morgan fingerprint density at radius 2 is 1.14 bits per heavy atom. The van der Waals surface area contributed by atoms with Gasteiger partial charge in [-0.1, -0.05) is 53.5 Å². The molecule has 0 atom stereocenters. The first-order chi connectivity index (χ1) is 10.6. The lowest BCUT2D eigenvalue weighted by atomic mass is 9.86. The third-order valence-electron chi connectivity index (χ3n) is 3.55. The molecule has 0 bridgehead atoms. The zero-order chi connectivity index (χ0) is 15.5. The van der Waals surface area contributed by atoms with E-state index in [2.05, 4.69) is 4.98 Å². The maximum absolute atomic E-state index is 11.3. The van der Waals surface area contributed by atoms with Crippen LogP contribution in [0.3, 0.4) is 0 Å². The second-order valence-electron chi connectivity index (χ2n) is 5.02. The Hall–Kier alpha value is -2.03. The van der Waals surface area contributed by atoms with Gasteiger partial charge in [0.25, 0.3) is 0 Å². The third kappa shape index (κ3) is 3.24. The fourth-order valence-electron chi connectivity index (χ4n) is 2.49. The predicted molar refractivity (Wildman–Crippen MR) is 90.9 cm³/mol. The number of halogens is 2. The summed E-state index contributed by atoms with van der Waals surface area (Å²) >= 11 is 12.0. The minimum Gasteiger partial charge on any atom is -0.329 e. The second-order valence-corrected chi connectivity index (χ2v) is 5.90. The van der Waals surface area contributed by atoms with Crippen LogP contribution in [0, 0.1) is 0 Å². The number of hydrogen-bond acceptors (Lipinski definition) is 1. The van der Waals surface area contributed by atoms with E-state index in [-0.39, 0.29) is 11.5 Å². The fourth-order valence-corrected chi connectivity index (χ4v) is 2.74. The minimum absolute atomic E-state index is 0.00591. The van der Waals surface area contributed by atoms with Crippen molar-refractivity contribution in [1.29, 1.82) is 0 Å². The van der Waals surface area contributed by atoms with Crippen molar-refractivity contribution in [3.05, 3.63) is 104 Å². The maximum atomic E-state index is 11.3. The van der Waals surface area contributed by atoms with Crippen molar-refractivity contribution in [2.75, 3.05) is 0 Å². The quantitative estimate of drug-likeness (QED) is 0.731. The summed E-state index contributed by atoms with van der Waals surface area (Å²) in [6.07, 6.45) is 1.75. The standard InChI is InChI=1S/C18H13Cl2NO/c19-15-6-1-12(2-7-15)18(13-3-8-16(20)9-4-13)14-5-10-17(22)21-11-14/h1-11,18H,(H,21,22). The zero-order valence-electron chi connectivity index (χ0n) is 11.6. The fraction of sp³-hybridized carbons (Fsp3) is 0.0556. The molecule has 1 aromatic heterocycles. The van der Waals surface area contributed by atoms with Gasteiger partial charge in [0, 0.05) is 28.2 Å². The molecule has 1 N–H and O–H groups in total. The summed E-state index contributed by atoms with van der Waals surface area (Å²) in [6, 6.07) is 18.8. The molecule has 3 aromatic rings. The number of pyridine rings is 1. The highest BCUT2D eigenvalue weighted by molar-refractivity contribution is 6.30. The number of aromatic amines is 1. The lowest BCUT2D eigenvalue weighted by Gasteiger charge is -2.18. The van der Waals surface area contributed by atoms with Crippen LogP contribution >= 0.6 is 23.2 Å². The van der Waals surface area contributed by atoms with E-state index in [1.807, 2.05) is 54.6 Å². The first-order valence-corrected chi connectivity index (χ1v) is 7.58. The van der Waals surface area contributed by atoms with E-state index in [1.54, 1.807) is 6.20 Å². The van der Waals surface area contributed by atoms with Gasteiger partial charge in [-0.05, 0) is 41.0 Å². The summed E-state index contributed by atoms with van der Waals surface area (Å²) in [5, 5.41) is 1.39. The first-order valence-electron chi connectivity index (χ1n) is 6.83. The van der Waals surface area contributed by atoms with Gasteiger partial charge in [-0.3, -0.25) is 4.79 Å². The molecule has 0 spiro atoms. The van der Waals surface area contributed by atoms with Gasteiger partial charge in [-0.25, -0.2) is 0 Å². The van der Waals surface area contributed by atoms with Crippen molar-refractivity contribution in [2.24, 2.45) is 0 Å². The van der Waals surface area contributed by atoms with Crippen LogP contribution < -0.4 is 5.56 Å². The van der Waals surface area contributed by atoms with Crippen LogP contribution in [0.2, 0.25) is 10.0 Å². The highest BCUT2D eigenvalue weighted by Gasteiger charge is 2.16. The van der Waals surface area contributed by atoms with Crippen molar-refractivity contribution in [2.45, 2.75) is 5.92 Å². The van der Waals surface area contributed by atoms with Crippen molar-refractivity contribution in [1.82, 2.24) is 4.98 Å². The largest absolute Gasteiger partial charge is 0.329 e. The first kappa shape index (κ1) is 14.9. The average Bonchev–Trinajstić information content (AvgIpc) is 2.53. The Balaban J connectivity index is 2.12. The van der Waals surface area contributed by atoms with Gasteiger partial charge >= 0.3 is 0 Å². The van der Waals surface area contributed by atoms with Crippen LogP contribution in [0.1, 0.15) is 22.6 Å². The Kier molecular flexibility index (Phi) is 4.32. The lowest BCUT2D eigenvalue weighted by molar-refractivity contribution is 0.958. The summed E-state index contributed by atoms with van der Waals surface area (Å²) in [5.74, 6) is 0.00591. The van der Waals surface area contributed by atoms with Crippen molar-refractivity contribution < 1.29 is 0 Å². The van der Waals surface area contributed by atoms with Gasteiger partial charge in [0.05, 0.1) is 0 Å². The normalized spacial score (nSPS) is 10.9. The molecule has 0 amide bonds. The van der Waals surface area contributed by atoms with Crippen LogP contribution in [0.25, 0.3) is 0 Å². The molecule has 22 heavy (non-hydrogen) atoms. The molecule has 110 valence electrons. The summed E-state index contributed by atoms with van der Waals surface area (Å²) < 4.78 is 0. The molecule has 1 heterocycles. The number of H-pyrrole nitrogens is 1. The van der Waals surface area contributed by atoms with E-state index < -0.39 is 0 Å². The molecule has 0 aliphatic rings. The van der Waals surface area contributed by atoms with Gasteiger partial charge in [-0.2, -0.15) is 0 Å². The van der Waals surface area contributed by atoms with Crippen LogP contribution in [0.4, 0.5) is 0 Å². The van der Waals surface area contributed by atoms with E-state index in [9.17, 15) is 4.79 Å². The van der Waals surface area contributed by atoms with Gasteiger partial charge in [-0.15, -0.1) is 0 Å². The minimum atomic E-state index is -0.116. The van der Waals surface area contributed by atoms with Crippen LogP contribution in [0.15, 0.2) is 71.7 Å². The summed E-state index contributed by atoms with van der Waals surface area (Å²) in [7, 11) is 0. The summed E-state index contributed by atoms with van der Waals surface area (Å²) in [4.78, 5) is 14.1. The molecule has 0 fully saturated rings. The smallest absolute Gasteiger partial charge is 0.247 e. The Bertz CT molecular complexity index is 757. The average molecular weight is 330 g/mol. The van der Waals surface area contributed by atoms with Crippen LogP contribution in [-0.2, 0) is 0 Å². The molecule has 2 aromatic carbocycles. The molecule has 4 heteroatoms. The lowest BCUT2D eigenvalue weighted by Crippen LogP contribution is -2.08. The third-order valence-corrected chi connectivity index (χ3v) is 4.05. The maximum Gasteiger partial charge on any atom is 0.247 e. The molecule has 2 nitrogen and oxygen atoms in total. The highest BCUT2D eigenvalue weighted by Crippen LogP contribution is 2.32. The number of aromatic nitrogens is 1. The molecule has 0 unspecified atom stereocenters. The van der Waals surface area contributed by atoms with E-state index in [4.69, 9.17) is 23.2 Å². The Morgan fingerprint density at radius 3 is 1.55 bits per heavy atom. The SMILES string of the molecule is O=c1ccc(C(c2ccc(Cl)cc2)c2ccc(Cl)cc2)c[nH]1. The molecule has 0 aliphatic heterocycles. The highest BCUT2D eigenvalue weighted by atomic mass is 35.5. The number of nitrogens with one attached hydrogen (secondary N) is 1. The van der Waals surface area contributed by atoms with Crippen molar-refractivity contribution in [3.8, 4) is 0 Å². The van der Waals surface area contributed by atoms with Crippen LogP contribution in [0.5, 0.6) is 0 Å². The summed E-state index contributed by atoms with van der Waals surface area (Å²) in [5.41, 5.74) is 3.08. The van der Waals surface area contributed by atoms with Gasteiger partial charge in [0.15, 0.2) is 0 Å². The van der Waals surface area contributed by atoms with E-state index in [1.165, 1.54) is 6.07 Å². The van der Waals surface area contributed by atoms with Gasteiger partial charge in [0.2, 0.25) is 5.56 Å². The number of rotatable bonds is 3. The van der Waals surface area contributed by atoms with Gasteiger partial charge < -0.3 is 4.98 Å². The Labute approximate surface area is 138 Å². The molecular weight excluding hydrogens is 317 g/mol. The number of hydrogen-bond donors (Lipinski definition) is 1. The zero-order valence-corrected chi connectivity index (χ0v) is 13.1. The molecule has 0 saturated heterocycles. The molecule has 0 aliphatic carbocycles. The number of benzene rings is 2. The monoisotopic (exact) mass is 329 g/mol. The Morgan fingerprint density at radius 1 is 0.682 bits per heavy atom.